The first-order chi connectivity index (χ1) is 12.8. The van der Waals surface area contributed by atoms with Crippen molar-refractivity contribution in [1.29, 1.82) is 0 Å². The van der Waals surface area contributed by atoms with Crippen LogP contribution in [0.15, 0.2) is 24.3 Å². The summed E-state index contributed by atoms with van der Waals surface area (Å²) in [4.78, 5) is 20.6. The Labute approximate surface area is 163 Å². The van der Waals surface area contributed by atoms with Crippen LogP contribution in [0.3, 0.4) is 0 Å². The second-order valence-corrected chi connectivity index (χ2v) is 6.88. The van der Waals surface area contributed by atoms with Crippen LogP contribution in [-0.2, 0) is 6.54 Å². The van der Waals surface area contributed by atoms with Crippen molar-refractivity contribution in [2.75, 3.05) is 39.8 Å². The van der Waals surface area contributed by atoms with E-state index in [-0.39, 0.29) is 17.6 Å². The summed E-state index contributed by atoms with van der Waals surface area (Å²) >= 11 is 6.08. The number of fused-ring (bicyclic) bond motifs is 1. The summed E-state index contributed by atoms with van der Waals surface area (Å²) in [6.45, 7) is 0.440. The molecule has 7 nitrogen and oxygen atoms in total. The van der Waals surface area contributed by atoms with Gasteiger partial charge in [-0.1, -0.05) is 11.6 Å². The molecule has 0 aliphatic carbocycles. The van der Waals surface area contributed by atoms with Gasteiger partial charge in [0.05, 0.1) is 27.3 Å². The first-order valence-electron chi connectivity index (χ1n) is 8.41. The highest BCUT2D eigenvalue weighted by Gasteiger charge is 2.32. The molecule has 1 aromatic carbocycles. The maximum atomic E-state index is 13.1. The van der Waals surface area contributed by atoms with Crippen LogP contribution in [0, 0.1) is 0 Å². The van der Waals surface area contributed by atoms with Crippen LogP contribution in [-0.4, -0.2) is 55.8 Å². The molecule has 1 amide bonds. The number of benzene rings is 1. The average molecular weight is 392 g/mol. The summed E-state index contributed by atoms with van der Waals surface area (Å²) in [7, 11) is 6.76. The summed E-state index contributed by atoms with van der Waals surface area (Å²) in [5, 5.41) is 10.9. The van der Waals surface area contributed by atoms with Gasteiger partial charge < -0.3 is 24.4 Å². The Morgan fingerprint density at radius 2 is 1.93 bits per heavy atom. The molecule has 2 heterocycles. The van der Waals surface area contributed by atoms with E-state index in [1.54, 1.807) is 42.2 Å². The summed E-state index contributed by atoms with van der Waals surface area (Å²) in [6.07, 6.45) is -0.881. The number of nitrogens with zero attached hydrogens (tertiary/aromatic N) is 3. The molecule has 1 aliphatic heterocycles. The van der Waals surface area contributed by atoms with E-state index in [0.29, 0.717) is 35.0 Å². The molecule has 1 aromatic heterocycles. The number of carbonyl (C=O) groups is 1. The van der Waals surface area contributed by atoms with Crippen LogP contribution in [0.4, 0.5) is 5.82 Å². The smallest absolute Gasteiger partial charge is 0.254 e. The van der Waals surface area contributed by atoms with Crippen molar-refractivity contribution in [2.24, 2.45) is 0 Å². The van der Waals surface area contributed by atoms with E-state index >= 15 is 0 Å². The fourth-order valence-corrected chi connectivity index (χ4v) is 3.45. The summed E-state index contributed by atoms with van der Waals surface area (Å²) < 4.78 is 10.8. The van der Waals surface area contributed by atoms with Crippen molar-refractivity contribution >= 4 is 23.3 Å². The molecule has 0 bridgehead atoms. The number of halogens is 1. The van der Waals surface area contributed by atoms with Crippen molar-refractivity contribution < 1.29 is 19.4 Å². The minimum absolute atomic E-state index is 0.145. The number of carbonyl (C=O) groups excluding carboxylic acids is 1. The summed E-state index contributed by atoms with van der Waals surface area (Å²) in [5.74, 6) is 1.52. The summed E-state index contributed by atoms with van der Waals surface area (Å²) in [5.41, 5.74) is 1.80. The van der Waals surface area contributed by atoms with Gasteiger partial charge >= 0.3 is 0 Å². The number of methoxy groups -OCH3 is 2. The zero-order valence-corrected chi connectivity index (χ0v) is 16.4. The minimum atomic E-state index is -0.881. The van der Waals surface area contributed by atoms with Crippen LogP contribution in [0.2, 0.25) is 5.15 Å². The van der Waals surface area contributed by atoms with Crippen LogP contribution in [0.25, 0.3) is 0 Å². The number of aromatic nitrogens is 1. The molecule has 0 unspecified atom stereocenters. The number of ether oxygens (including phenoxy) is 2. The molecular formula is C19H22ClN3O4. The molecule has 144 valence electrons. The number of β-amino-alcohol motifs (C(OH)–C–C–N with tert-alkyl or cyclic N) is 1. The minimum Gasteiger partial charge on any atom is -0.496 e. The molecule has 1 N–H and O–H groups in total. The molecule has 1 aliphatic rings. The number of hydrogen-bond acceptors (Lipinski definition) is 6. The topological polar surface area (TPSA) is 75.1 Å². The third-order valence-electron chi connectivity index (χ3n) is 4.56. The number of rotatable bonds is 4. The Morgan fingerprint density at radius 1 is 1.26 bits per heavy atom. The van der Waals surface area contributed by atoms with E-state index in [9.17, 15) is 9.90 Å². The largest absolute Gasteiger partial charge is 0.496 e. The van der Waals surface area contributed by atoms with E-state index < -0.39 is 6.10 Å². The number of aliphatic hydroxyl groups excluding tert-OH is 1. The number of hydrogen-bond donors (Lipinski definition) is 1. The molecular weight excluding hydrogens is 370 g/mol. The molecule has 1 atom stereocenters. The van der Waals surface area contributed by atoms with Gasteiger partial charge in [0.25, 0.3) is 5.91 Å². The maximum absolute atomic E-state index is 13.1. The quantitative estimate of drug-likeness (QED) is 0.807. The van der Waals surface area contributed by atoms with Crippen molar-refractivity contribution in [2.45, 2.75) is 12.6 Å². The lowest BCUT2D eigenvalue weighted by Gasteiger charge is -2.34. The molecule has 3 rings (SSSR count). The van der Waals surface area contributed by atoms with E-state index in [1.165, 1.54) is 6.07 Å². The molecule has 0 radical (unpaired) electrons. The highest BCUT2D eigenvalue weighted by Crippen LogP contribution is 2.39. The van der Waals surface area contributed by atoms with Crippen molar-refractivity contribution in [3.63, 3.8) is 0 Å². The monoisotopic (exact) mass is 391 g/mol. The SMILES string of the molecule is COc1ccc(OC)c2c1CN(C(=O)c1cc(Cl)nc(N(C)C)c1)C[C@H]2O. The first-order valence-corrected chi connectivity index (χ1v) is 8.79. The second-order valence-electron chi connectivity index (χ2n) is 6.49. The second kappa shape index (κ2) is 7.62. The number of pyridine rings is 1. The van der Waals surface area contributed by atoms with Crippen LogP contribution in [0.5, 0.6) is 11.5 Å². The van der Waals surface area contributed by atoms with Gasteiger partial charge in [-0.15, -0.1) is 0 Å². The lowest BCUT2D eigenvalue weighted by Crippen LogP contribution is -2.38. The molecule has 0 saturated carbocycles. The average Bonchev–Trinajstić information content (AvgIpc) is 2.65. The Balaban J connectivity index is 1.98. The highest BCUT2D eigenvalue weighted by atomic mass is 35.5. The molecule has 2 aromatic rings. The van der Waals surface area contributed by atoms with E-state index in [2.05, 4.69) is 4.98 Å². The van der Waals surface area contributed by atoms with Gasteiger partial charge in [-0.05, 0) is 24.3 Å². The van der Waals surface area contributed by atoms with Gasteiger partial charge in [-0.3, -0.25) is 4.79 Å². The van der Waals surface area contributed by atoms with Gasteiger partial charge in [-0.25, -0.2) is 4.98 Å². The highest BCUT2D eigenvalue weighted by molar-refractivity contribution is 6.29. The van der Waals surface area contributed by atoms with E-state index in [1.807, 2.05) is 14.1 Å². The van der Waals surface area contributed by atoms with E-state index in [4.69, 9.17) is 21.1 Å². The van der Waals surface area contributed by atoms with Crippen LogP contribution in [0.1, 0.15) is 27.6 Å². The summed E-state index contributed by atoms with van der Waals surface area (Å²) in [6, 6.07) is 6.73. The predicted molar refractivity (Wildman–Crippen MR) is 103 cm³/mol. The zero-order chi connectivity index (χ0) is 19.7. The van der Waals surface area contributed by atoms with Crippen molar-refractivity contribution in [3.8, 4) is 11.5 Å². The molecule has 8 heteroatoms. The number of amides is 1. The third-order valence-corrected chi connectivity index (χ3v) is 4.76. The van der Waals surface area contributed by atoms with E-state index in [0.717, 1.165) is 5.56 Å². The lowest BCUT2D eigenvalue weighted by atomic mass is 9.94. The van der Waals surface area contributed by atoms with Gasteiger partial charge in [-0.2, -0.15) is 0 Å². The Bertz CT molecular complexity index is 872. The van der Waals surface area contributed by atoms with Crippen molar-refractivity contribution in [1.82, 2.24) is 9.88 Å². The third kappa shape index (κ3) is 3.65. The Hall–Kier alpha value is -2.51. The van der Waals surface area contributed by atoms with Crippen molar-refractivity contribution in [3.05, 3.63) is 46.1 Å². The predicted octanol–water partition coefficient (Wildman–Crippen LogP) is 2.51. The molecule has 0 spiro atoms. The van der Waals surface area contributed by atoms with Crippen LogP contribution >= 0.6 is 11.6 Å². The molecule has 27 heavy (non-hydrogen) atoms. The van der Waals surface area contributed by atoms with Gasteiger partial charge in [0, 0.05) is 30.8 Å². The molecule has 0 fully saturated rings. The Kier molecular flexibility index (Phi) is 5.43. The van der Waals surface area contributed by atoms with Gasteiger partial charge in [0.1, 0.15) is 28.6 Å². The normalized spacial score (nSPS) is 15.9. The lowest BCUT2D eigenvalue weighted by molar-refractivity contribution is 0.0538. The first kappa shape index (κ1) is 19.3. The standard InChI is InChI=1S/C19H22ClN3O4/c1-22(2)17-8-11(7-16(20)21-17)19(25)23-9-12-14(26-3)5-6-15(27-4)18(12)13(24)10-23/h5-8,13,24H,9-10H2,1-4H3/t13-/m1/s1. The van der Waals surface area contributed by atoms with Gasteiger partial charge in [0.2, 0.25) is 0 Å². The number of anilines is 1. The van der Waals surface area contributed by atoms with Crippen LogP contribution < -0.4 is 14.4 Å². The maximum Gasteiger partial charge on any atom is 0.254 e. The Morgan fingerprint density at radius 3 is 2.56 bits per heavy atom. The van der Waals surface area contributed by atoms with Gasteiger partial charge in [0.15, 0.2) is 0 Å². The fourth-order valence-electron chi connectivity index (χ4n) is 3.25. The number of aliphatic hydroxyl groups is 1. The molecule has 0 saturated heterocycles. The zero-order valence-electron chi connectivity index (χ0n) is 15.7. The fraction of sp³-hybridized carbons (Fsp3) is 0.368.